The Bertz CT molecular complexity index is 1320. The van der Waals surface area contributed by atoms with Gasteiger partial charge in [-0.1, -0.05) is 72.8 Å². The molecule has 3 N–H and O–H groups in total. The molecule has 0 bridgehead atoms. The van der Waals surface area contributed by atoms with Crippen LogP contribution in [-0.4, -0.2) is 22.0 Å². The topological polar surface area (TPSA) is 111 Å². The van der Waals surface area contributed by atoms with Gasteiger partial charge in [0, 0.05) is 16.3 Å². The van der Waals surface area contributed by atoms with E-state index in [1.807, 2.05) is 18.2 Å². The van der Waals surface area contributed by atoms with Crippen molar-refractivity contribution >= 4 is 34.0 Å². The average Bonchev–Trinajstić information content (AvgIpc) is 2.83. The molecule has 158 valence electrons. The highest BCUT2D eigenvalue weighted by Crippen LogP contribution is 2.48. The largest absolute Gasteiger partial charge is 0.505 e. The van der Waals surface area contributed by atoms with Crippen LogP contribution >= 0.6 is 0 Å². The molecule has 0 aliphatic heterocycles. The van der Waals surface area contributed by atoms with Gasteiger partial charge in [-0.05, 0) is 17.7 Å². The van der Waals surface area contributed by atoms with E-state index in [2.05, 4.69) is 15.5 Å². The van der Waals surface area contributed by atoms with Crippen molar-refractivity contribution in [3.05, 3.63) is 96.1 Å². The minimum Gasteiger partial charge on any atom is -0.505 e. The average molecular weight is 425 g/mol. The molecule has 0 aliphatic carbocycles. The highest BCUT2D eigenvalue weighted by atomic mass is 16.3. The molecule has 0 saturated heterocycles. The van der Waals surface area contributed by atoms with Crippen molar-refractivity contribution in [1.82, 2.24) is 0 Å². The van der Waals surface area contributed by atoms with Gasteiger partial charge in [0.25, 0.3) is 5.91 Å². The summed E-state index contributed by atoms with van der Waals surface area (Å²) in [4.78, 5) is 25.0. The minimum atomic E-state index is -0.626. The van der Waals surface area contributed by atoms with Gasteiger partial charge in [-0.2, -0.15) is 0 Å². The van der Waals surface area contributed by atoms with E-state index in [0.29, 0.717) is 16.3 Å². The van der Waals surface area contributed by atoms with E-state index >= 15 is 0 Å². The van der Waals surface area contributed by atoms with Crippen LogP contribution in [-0.2, 0) is 11.2 Å². The summed E-state index contributed by atoms with van der Waals surface area (Å²) in [6, 6.07) is 24.0. The molecule has 0 radical (unpaired) electrons. The zero-order chi connectivity index (χ0) is 22.5. The number of phenolic OH excluding ortho intramolecular Hbond substituents is 2. The quantitative estimate of drug-likeness (QED) is 0.227. The van der Waals surface area contributed by atoms with Crippen LogP contribution in [0.4, 0.5) is 11.4 Å². The predicted molar refractivity (Wildman–Crippen MR) is 121 cm³/mol. The number of nitrogens with one attached hydrogen (secondary N) is 1. The van der Waals surface area contributed by atoms with Crippen molar-refractivity contribution in [3.8, 4) is 11.5 Å². The number of nitrogens with zero attached hydrogens (tertiary/aromatic N) is 2. The molecular weight excluding hydrogens is 406 g/mol. The third kappa shape index (κ3) is 4.32. The third-order valence-corrected chi connectivity index (χ3v) is 4.87. The van der Waals surface area contributed by atoms with Gasteiger partial charge in [-0.25, -0.2) is 0 Å². The number of hydrogen-bond donors (Lipinski definition) is 3. The zero-order valence-electron chi connectivity index (χ0n) is 16.9. The van der Waals surface area contributed by atoms with Crippen LogP contribution in [0.3, 0.4) is 0 Å². The van der Waals surface area contributed by atoms with Crippen molar-refractivity contribution in [2.75, 3.05) is 5.32 Å². The number of phenols is 2. The van der Waals surface area contributed by atoms with Crippen LogP contribution in [0.15, 0.2) is 95.2 Å². The number of rotatable bonds is 5. The molecule has 4 aromatic carbocycles. The number of benzene rings is 4. The fraction of sp³-hybridized carbons (Fsp3) is 0.0400. The number of aromatic hydroxyl groups is 2. The molecular formula is C25H19N3O4. The monoisotopic (exact) mass is 425 g/mol. The van der Waals surface area contributed by atoms with Gasteiger partial charge < -0.3 is 15.5 Å². The van der Waals surface area contributed by atoms with Crippen molar-refractivity contribution in [1.29, 1.82) is 0 Å². The van der Waals surface area contributed by atoms with Gasteiger partial charge in [-0.3, -0.25) is 9.59 Å². The Kier molecular flexibility index (Phi) is 5.89. The molecule has 2 amide bonds. The smallest absolute Gasteiger partial charge is 0.295 e. The lowest BCUT2D eigenvalue weighted by Gasteiger charge is -2.14. The van der Waals surface area contributed by atoms with Crippen LogP contribution in [0.2, 0.25) is 0 Å². The maximum atomic E-state index is 12.7. The lowest BCUT2D eigenvalue weighted by molar-refractivity contribution is -0.115. The van der Waals surface area contributed by atoms with E-state index in [-0.39, 0.29) is 29.3 Å². The van der Waals surface area contributed by atoms with Crippen LogP contribution in [0.25, 0.3) is 10.8 Å². The zero-order valence-corrected chi connectivity index (χ0v) is 16.9. The molecule has 0 saturated carbocycles. The number of amides is 2. The van der Waals surface area contributed by atoms with Crippen LogP contribution in [0.1, 0.15) is 15.9 Å². The molecule has 4 aromatic rings. The highest BCUT2D eigenvalue weighted by molar-refractivity contribution is 6.08. The molecule has 0 atom stereocenters. The maximum Gasteiger partial charge on any atom is 0.295 e. The summed E-state index contributed by atoms with van der Waals surface area (Å²) < 4.78 is 0. The van der Waals surface area contributed by atoms with Gasteiger partial charge in [0.2, 0.25) is 5.91 Å². The molecule has 4 rings (SSSR count). The van der Waals surface area contributed by atoms with Crippen LogP contribution in [0.5, 0.6) is 11.5 Å². The SMILES string of the molecule is O=C(Cc1ccccc1)Nc1c(N=NC(=O)c2ccccc2)c(O)c2ccccc2c1O. The number of carbonyl (C=O) groups is 2. The fourth-order valence-corrected chi connectivity index (χ4v) is 3.30. The van der Waals surface area contributed by atoms with E-state index in [9.17, 15) is 19.8 Å². The first-order valence-corrected chi connectivity index (χ1v) is 9.86. The van der Waals surface area contributed by atoms with Crippen molar-refractivity contribution in [2.24, 2.45) is 10.2 Å². The summed E-state index contributed by atoms with van der Waals surface area (Å²) in [5, 5.41) is 32.5. The molecule has 0 fully saturated rings. The Morgan fingerprint density at radius 3 is 1.97 bits per heavy atom. The van der Waals surface area contributed by atoms with Crippen molar-refractivity contribution < 1.29 is 19.8 Å². The molecule has 0 spiro atoms. The standard InChI is InChI=1S/C25H19N3O4/c29-20(15-16-9-3-1-4-10-16)26-21-22(27-28-25(32)17-11-5-2-6-12-17)24(31)19-14-8-7-13-18(19)23(21)30/h1-14,30-31H,15H2,(H,26,29). The van der Waals surface area contributed by atoms with Gasteiger partial charge in [-0.15, -0.1) is 10.2 Å². The molecule has 7 heteroatoms. The predicted octanol–water partition coefficient (Wildman–Crippen LogP) is 5.36. The summed E-state index contributed by atoms with van der Waals surface area (Å²) in [5.41, 5.74) is 0.769. The maximum absolute atomic E-state index is 12.7. The molecule has 0 heterocycles. The summed E-state index contributed by atoms with van der Waals surface area (Å²) in [7, 11) is 0. The summed E-state index contributed by atoms with van der Waals surface area (Å²) >= 11 is 0. The number of fused-ring (bicyclic) bond motifs is 1. The lowest BCUT2D eigenvalue weighted by Crippen LogP contribution is -2.14. The van der Waals surface area contributed by atoms with Gasteiger partial charge in [0.15, 0.2) is 11.4 Å². The Hall–Kier alpha value is -4.52. The summed E-state index contributed by atoms with van der Waals surface area (Å²) in [5.74, 6) is -1.63. The Balaban J connectivity index is 1.74. The van der Waals surface area contributed by atoms with Crippen molar-refractivity contribution in [2.45, 2.75) is 6.42 Å². The van der Waals surface area contributed by atoms with Crippen LogP contribution < -0.4 is 5.32 Å². The molecule has 32 heavy (non-hydrogen) atoms. The lowest BCUT2D eigenvalue weighted by atomic mass is 10.0. The first-order chi connectivity index (χ1) is 15.5. The second-order valence-corrected chi connectivity index (χ2v) is 7.05. The van der Waals surface area contributed by atoms with E-state index in [1.165, 1.54) is 0 Å². The number of azo groups is 1. The Labute approximate surface area is 183 Å². The summed E-state index contributed by atoms with van der Waals surface area (Å²) in [6.45, 7) is 0. The molecule has 0 aromatic heterocycles. The molecule has 7 nitrogen and oxygen atoms in total. The number of hydrogen-bond acceptors (Lipinski definition) is 5. The van der Waals surface area contributed by atoms with Gasteiger partial charge in [0.1, 0.15) is 11.4 Å². The molecule has 0 aliphatic rings. The second-order valence-electron chi connectivity index (χ2n) is 7.05. The first kappa shape index (κ1) is 20.7. The van der Waals surface area contributed by atoms with E-state index in [4.69, 9.17) is 0 Å². The summed E-state index contributed by atoms with van der Waals surface area (Å²) in [6.07, 6.45) is 0.0490. The van der Waals surface area contributed by atoms with E-state index < -0.39 is 11.8 Å². The highest BCUT2D eigenvalue weighted by Gasteiger charge is 2.21. The van der Waals surface area contributed by atoms with Crippen molar-refractivity contribution in [3.63, 3.8) is 0 Å². The van der Waals surface area contributed by atoms with Crippen LogP contribution in [0, 0.1) is 0 Å². The third-order valence-electron chi connectivity index (χ3n) is 4.87. The molecule has 0 unspecified atom stereocenters. The first-order valence-electron chi connectivity index (χ1n) is 9.86. The Morgan fingerprint density at radius 1 is 0.750 bits per heavy atom. The Morgan fingerprint density at radius 2 is 1.31 bits per heavy atom. The minimum absolute atomic E-state index is 0.0490. The fourth-order valence-electron chi connectivity index (χ4n) is 3.30. The normalized spacial score (nSPS) is 11.0. The second kappa shape index (κ2) is 9.09. The van der Waals surface area contributed by atoms with Gasteiger partial charge in [0.05, 0.1) is 6.42 Å². The van der Waals surface area contributed by atoms with E-state index in [0.717, 1.165) is 5.56 Å². The number of carbonyl (C=O) groups excluding carboxylic acids is 2. The van der Waals surface area contributed by atoms with Gasteiger partial charge >= 0.3 is 0 Å². The van der Waals surface area contributed by atoms with E-state index in [1.54, 1.807) is 66.7 Å². The number of anilines is 1.